The largest absolute Gasteiger partial charge is 0.336 e. The van der Waals surface area contributed by atoms with Crippen LogP contribution in [0, 0.1) is 0 Å². The highest BCUT2D eigenvalue weighted by Crippen LogP contribution is 2.13. The molecule has 0 unspecified atom stereocenters. The van der Waals surface area contributed by atoms with E-state index in [-0.39, 0.29) is 0 Å². The lowest BCUT2D eigenvalue weighted by atomic mass is 10.2. The minimum Gasteiger partial charge on any atom is -0.336 e. The van der Waals surface area contributed by atoms with Crippen molar-refractivity contribution in [2.45, 2.75) is 0 Å². The van der Waals surface area contributed by atoms with E-state index < -0.39 is 0 Å². The van der Waals surface area contributed by atoms with E-state index >= 15 is 0 Å². The minimum atomic E-state index is 0.955. The molecule has 0 spiro atoms. The molecule has 0 radical (unpaired) electrons. The first kappa shape index (κ1) is 11.2. The zero-order valence-electron chi connectivity index (χ0n) is 8.89. The third kappa shape index (κ3) is 2.63. The summed E-state index contributed by atoms with van der Waals surface area (Å²) in [5.74, 6) is 0.955. The number of hydrogen-bond donors (Lipinski definition) is 1. The van der Waals surface area contributed by atoms with Crippen molar-refractivity contribution in [3.63, 3.8) is 0 Å². The van der Waals surface area contributed by atoms with Crippen molar-refractivity contribution in [1.29, 1.82) is 0 Å². The maximum Gasteiger partial charge on any atom is 0.132 e. The van der Waals surface area contributed by atoms with Crippen LogP contribution in [-0.2, 0) is 7.05 Å². The van der Waals surface area contributed by atoms with Gasteiger partial charge in [-0.15, -0.1) is 0 Å². The fourth-order valence-electron chi connectivity index (χ4n) is 1.36. The van der Waals surface area contributed by atoms with Gasteiger partial charge < -0.3 is 8.10 Å². The number of benzene rings is 1. The summed E-state index contributed by atoms with van der Waals surface area (Å²) in [7, 11) is 1.98. The molecule has 0 aliphatic carbocycles. The Morgan fingerprint density at radius 3 is 2.56 bits per heavy atom. The number of nitrogens with one attached hydrogen (secondary N) is 1. The summed E-state index contributed by atoms with van der Waals surface area (Å²) in [4.78, 5) is 4.41. The molecule has 3 nitrogen and oxygen atoms in total. The lowest BCUT2D eigenvalue weighted by Crippen LogP contribution is -1.85. The summed E-state index contributed by atoms with van der Waals surface area (Å²) in [6.07, 6.45) is 3.85. The van der Waals surface area contributed by atoms with E-state index in [4.69, 9.17) is 0 Å². The zero-order valence-corrected chi connectivity index (χ0v) is 11.0. The van der Waals surface area contributed by atoms with Crippen molar-refractivity contribution in [3.05, 3.63) is 48.2 Å². The van der Waals surface area contributed by atoms with Gasteiger partial charge in [0, 0.05) is 25.1 Å². The number of aryl methyl sites for hydroxylation is 1. The first-order valence-electron chi connectivity index (χ1n) is 4.92. The third-order valence-electron chi connectivity index (χ3n) is 2.28. The topological polar surface area (TPSA) is 29.3 Å². The zero-order chi connectivity index (χ0) is 11.4. The minimum absolute atomic E-state index is 0.955. The standard InChI is InChI=1S/C12H12IN3/c1-16-8-2-3-12(16)14-9-10-4-6-11(15-13)7-5-10/h2-9,15H,1H3/b14-9+. The molecule has 2 aromatic rings. The van der Waals surface area contributed by atoms with E-state index in [0.29, 0.717) is 0 Å². The van der Waals surface area contributed by atoms with Gasteiger partial charge in [-0.3, -0.25) is 0 Å². The molecule has 4 heteroatoms. The van der Waals surface area contributed by atoms with Crippen LogP contribution in [0.5, 0.6) is 0 Å². The highest BCUT2D eigenvalue weighted by atomic mass is 127. The van der Waals surface area contributed by atoms with Crippen LogP contribution < -0.4 is 3.53 Å². The summed E-state index contributed by atoms with van der Waals surface area (Å²) in [5.41, 5.74) is 2.19. The van der Waals surface area contributed by atoms with Gasteiger partial charge in [0.05, 0.1) is 22.9 Å². The first-order valence-corrected chi connectivity index (χ1v) is 5.99. The lowest BCUT2D eigenvalue weighted by molar-refractivity contribution is 0.927. The molecule has 16 heavy (non-hydrogen) atoms. The summed E-state index contributed by atoms with van der Waals surface area (Å²) in [6.45, 7) is 0. The van der Waals surface area contributed by atoms with Crippen LogP contribution in [0.1, 0.15) is 5.56 Å². The molecule has 0 amide bonds. The Labute approximate surface area is 109 Å². The van der Waals surface area contributed by atoms with Crippen LogP contribution in [0.25, 0.3) is 0 Å². The molecule has 1 aromatic heterocycles. The lowest BCUT2D eigenvalue weighted by Gasteiger charge is -1.98. The van der Waals surface area contributed by atoms with Gasteiger partial charge in [-0.25, -0.2) is 4.99 Å². The number of nitrogens with zero attached hydrogens (tertiary/aromatic N) is 2. The van der Waals surface area contributed by atoms with E-state index in [2.05, 4.69) is 31.4 Å². The van der Waals surface area contributed by atoms with Crippen LogP contribution in [-0.4, -0.2) is 10.8 Å². The van der Waals surface area contributed by atoms with E-state index in [1.165, 1.54) is 0 Å². The van der Waals surface area contributed by atoms with Crippen LogP contribution >= 0.6 is 22.9 Å². The summed E-state index contributed by atoms with van der Waals surface area (Å²) in [5, 5.41) is 0. The number of aliphatic imine (C=N–C) groups is 1. The van der Waals surface area contributed by atoms with E-state index in [0.717, 1.165) is 17.1 Å². The van der Waals surface area contributed by atoms with Crippen molar-refractivity contribution in [1.82, 2.24) is 4.57 Å². The maximum absolute atomic E-state index is 4.41. The average Bonchev–Trinajstić information content (AvgIpc) is 2.73. The molecule has 0 bridgehead atoms. The molecule has 82 valence electrons. The van der Waals surface area contributed by atoms with Crippen LogP contribution in [0.15, 0.2) is 47.6 Å². The second-order valence-corrected chi connectivity index (χ2v) is 3.99. The molecule has 0 fully saturated rings. The summed E-state index contributed by atoms with van der Waals surface area (Å²) < 4.78 is 5.04. The molecular weight excluding hydrogens is 313 g/mol. The third-order valence-corrected chi connectivity index (χ3v) is 2.90. The summed E-state index contributed by atoms with van der Waals surface area (Å²) >= 11 is 2.11. The Kier molecular flexibility index (Phi) is 3.61. The molecule has 0 atom stereocenters. The Balaban J connectivity index is 2.14. The molecule has 2 rings (SSSR count). The fraction of sp³-hybridized carbons (Fsp3) is 0.0833. The molecular formula is C12H12IN3. The molecule has 0 saturated carbocycles. The highest BCUT2D eigenvalue weighted by molar-refractivity contribution is 14.1. The summed E-state index contributed by atoms with van der Waals surface area (Å²) in [6, 6.07) is 12.1. The fourth-order valence-corrected chi connectivity index (χ4v) is 1.72. The number of rotatable bonds is 3. The predicted molar refractivity (Wildman–Crippen MR) is 76.8 cm³/mol. The van der Waals surface area contributed by atoms with E-state index in [1.807, 2.05) is 60.4 Å². The van der Waals surface area contributed by atoms with Crippen LogP contribution in [0.3, 0.4) is 0 Å². The molecule has 1 heterocycles. The van der Waals surface area contributed by atoms with Crippen LogP contribution in [0.4, 0.5) is 11.5 Å². The quantitative estimate of drug-likeness (QED) is 0.522. The number of hydrogen-bond acceptors (Lipinski definition) is 2. The van der Waals surface area contributed by atoms with Gasteiger partial charge in [0.25, 0.3) is 0 Å². The molecule has 0 saturated heterocycles. The van der Waals surface area contributed by atoms with E-state index in [1.54, 1.807) is 0 Å². The Morgan fingerprint density at radius 1 is 1.25 bits per heavy atom. The van der Waals surface area contributed by atoms with Gasteiger partial charge in [0.2, 0.25) is 0 Å². The maximum atomic E-state index is 4.41. The van der Waals surface area contributed by atoms with Crippen molar-refractivity contribution in [2.75, 3.05) is 3.53 Å². The molecule has 0 aliphatic heterocycles. The predicted octanol–water partition coefficient (Wildman–Crippen LogP) is 3.54. The molecule has 1 aromatic carbocycles. The highest BCUT2D eigenvalue weighted by Gasteiger charge is 1.93. The van der Waals surface area contributed by atoms with Gasteiger partial charge in [0.15, 0.2) is 0 Å². The number of aromatic nitrogens is 1. The number of halogens is 1. The monoisotopic (exact) mass is 325 g/mol. The molecule has 0 aliphatic rings. The van der Waals surface area contributed by atoms with Gasteiger partial charge >= 0.3 is 0 Å². The molecule has 1 N–H and O–H groups in total. The van der Waals surface area contributed by atoms with Gasteiger partial charge in [-0.1, -0.05) is 12.1 Å². The van der Waals surface area contributed by atoms with Crippen molar-refractivity contribution < 1.29 is 0 Å². The average molecular weight is 325 g/mol. The van der Waals surface area contributed by atoms with Crippen molar-refractivity contribution in [3.8, 4) is 0 Å². The number of anilines is 1. The normalized spacial score (nSPS) is 10.9. The van der Waals surface area contributed by atoms with Crippen molar-refractivity contribution in [2.24, 2.45) is 12.0 Å². The Bertz CT molecular complexity index is 485. The van der Waals surface area contributed by atoms with Gasteiger partial charge in [-0.2, -0.15) is 0 Å². The van der Waals surface area contributed by atoms with Crippen LogP contribution in [0.2, 0.25) is 0 Å². The van der Waals surface area contributed by atoms with Gasteiger partial charge in [-0.05, 0) is 29.8 Å². The smallest absolute Gasteiger partial charge is 0.132 e. The first-order chi connectivity index (χ1) is 7.79. The second kappa shape index (κ2) is 5.16. The Morgan fingerprint density at radius 2 is 2.00 bits per heavy atom. The Hall–Kier alpha value is -1.30. The van der Waals surface area contributed by atoms with Gasteiger partial charge in [0.1, 0.15) is 5.82 Å². The second-order valence-electron chi connectivity index (χ2n) is 3.45. The SMILES string of the molecule is Cn1cccc1/N=C/c1ccc(NI)cc1. The van der Waals surface area contributed by atoms with E-state index in [9.17, 15) is 0 Å². The van der Waals surface area contributed by atoms with Crippen molar-refractivity contribution >= 4 is 40.6 Å².